The summed E-state index contributed by atoms with van der Waals surface area (Å²) < 4.78 is 0. The maximum atomic E-state index is 11.7. The first-order valence-electron chi connectivity index (χ1n) is 5.75. The van der Waals surface area contributed by atoms with E-state index in [0.717, 1.165) is 25.1 Å². The number of unbranched alkanes of at least 4 members (excludes halogenated alkanes) is 1. The lowest BCUT2D eigenvalue weighted by molar-refractivity contribution is 0.0948. The van der Waals surface area contributed by atoms with Crippen LogP contribution in [0.3, 0.4) is 0 Å². The van der Waals surface area contributed by atoms with E-state index in [1.807, 2.05) is 14.1 Å². The lowest BCUT2D eigenvalue weighted by Crippen LogP contribution is -2.26. The Labute approximate surface area is 102 Å². The van der Waals surface area contributed by atoms with E-state index in [0.29, 0.717) is 12.2 Å². The summed E-state index contributed by atoms with van der Waals surface area (Å²) in [7, 11) is 4.07. The summed E-state index contributed by atoms with van der Waals surface area (Å²) in [6.07, 6.45) is 2.01. The van der Waals surface area contributed by atoms with Gasteiger partial charge in [0, 0.05) is 6.54 Å². The van der Waals surface area contributed by atoms with Crippen LogP contribution in [0.25, 0.3) is 0 Å². The maximum absolute atomic E-state index is 11.7. The van der Waals surface area contributed by atoms with Crippen molar-refractivity contribution in [2.75, 3.05) is 32.9 Å². The molecule has 0 bridgehead atoms. The number of nitrogens with one attached hydrogen (secondary N) is 2. The highest BCUT2D eigenvalue weighted by Gasteiger charge is 2.14. The minimum absolute atomic E-state index is 0.211. The van der Waals surface area contributed by atoms with Crippen LogP contribution in [0.15, 0.2) is 0 Å². The van der Waals surface area contributed by atoms with Gasteiger partial charge in [-0.3, -0.25) is 9.89 Å². The van der Waals surface area contributed by atoms with E-state index in [-0.39, 0.29) is 11.6 Å². The summed E-state index contributed by atoms with van der Waals surface area (Å²) in [6.45, 7) is 3.47. The highest BCUT2D eigenvalue weighted by Crippen LogP contribution is 2.11. The van der Waals surface area contributed by atoms with Gasteiger partial charge in [0.25, 0.3) is 5.91 Å². The number of H-pyrrole nitrogens is 1. The lowest BCUT2D eigenvalue weighted by atomic mass is 10.2. The molecule has 0 atom stereocenters. The predicted octanol–water partition coefficient (Wildman–Crippen LogP) is 0.372. The van der Waals surface area contributed by atoms with Crippen LogP contribution in [0.1, 0.15) is 29.0 Å². The Kier molecular flexibility index (Phi) is 4.96. The number of nitrogen functional groups attached to an aromatic ring is 1. The minimum atomic E-state index is -0.211. The summed E-state index contributed by atoms with van der Waals surface area (Å²) in [4.78, 5) is 13.8. The average molecular weight is 239 g/mol. The normalized spacial score (nSPS) is 10.8. The molecule has 0 aliphatic rings. The third kappa shape index (κ3) is 4.07. The van der Waals surface area contributed by atoms with Gasteiger partial charge in [0.15, 0.2) is 5.69 Å². The van der Waals surface area contributed by atoms with Crippen LogP contribution in [-0.4, -0.2) is 48.2 Å². The highest BCUT2D eigenvalue weighted by molar-refractivity contribution is 5.97. The lowest BCUT2D eigenvalue weighted by Gasteiger charge is -2.09. The highest BCUT2D eigenvalue weighted by atomic mass is 16.1. The molecule has 1 aromatic rings. The third-order valence-electron chi connectivity index (χ3n) is 2.53. The molecule has 6 nitrogen and oxygen atoms in total. The topological polar surface area (TPSA) is 87.0 Å². The number of aromatic amines is 1. The largest absolute Gasteiger partial charge is 0.395 e. The SMILES string of the molecule is Cc1[nH]nc(C(=O)NCCCCN(C)C)c1N. The van der Waals surface area contributed by atoms with Gasteiger partial charge in [-0.1, -0.05) is 0 Å². The molecule has 1 aromatic heterocycles. The number of aryl methyl sites for hydroxylation is 1. The van der Waals surface area contributed by atoms with Crippen molar-refractivity contribution in [2.24, 2.45) is 0 Å². The second-order valence-electron chi connectivity index (χ2n) is 4.38. The Morgan fingerprint density at radius 3 is 2.71 bits per heavy atom. The summed E-state index contributed by atoms with van der Waals surface area (Å²) in [5.41, 5.74) is 7.15. The van der Waals surface area contributed by atoms with Crippen molar-refractivity contribution >= 4 is 11.6 Å². The number of hydrogen-bond acceptors (Lipinski definition) is 4. The third-order valence-corrected chi connectivity index (χ3v) is 2.53. The van der Waals surface area contributed by atoms with Crippen molar-refractivity contribution in [3.63, 3.8) is 0 Å². The van der Waals surface area contributed by atoms with Crippen molar-refractivity contribution in [3.05, 3.63) is 11.4 Å². The molecule has 0 saturated heterocycles. The molecule has 1 heterocycles. The molecule has 1 amide bonds. The van der Waals surface area contributed by atoms with E-state index in [1.165, 1.54) is 0 Å². The molecule has 0 spiro atoms. The molecule has 0 aliphatic heterocycles. The molecule has 0 aromatic carbocycles. The Hall–Kier alpha value is -1.56. The molecule has 0 saturated carbocycles. The van der Waals surface area contributed by atoms with E-state index >= 15 is 0 Å². The van der Waals surface area contributed by atoms with Crippen molar-refractivity contribution in [1.82, 2.24) is 20.4 Å². The number of amides is 1. The van der Waals surface area contributed by atoms with Gasteiger partial charge >= 0.3 is 0 Å². The van der Waals surface area contributed by atoms with Gasteiger partial charge in [0.1, 0.15) is 0 Å². The number of hydrogen-bond donors (Lipinski definition) is 3. The van der Waals surface area contributed by atoms with Gasteiger partial charge in [-0.25, -0.2) is 0 Å². The zero-order valence-corrected chi connectivity index (χ0v) is 10.7. The van der Waals surface area contributed by atoms with E-state index < -0.39 is 0 Å². The van der Waals surface area contributed by atoms with Crippen LogP contribution in [0, 0.1) is 6.92 Å². The van der Waals surface area contributed by atoms with E-state index in [4.69, 9.17) is 5.73 Å². The predicted molar refractivity (Wildman–Crippen MR) is 67.9 cm³/mol. The Morgan fingerprint density at radius 1 is 1.47 bits per heavy atom. The molecule has 0 aliphatic carbocycles. The van der Waals surface area contributed by atoms with Crippen LogP contribution in [0.5, 0.6) is 0 Å². The molecule has 6 heteroatoms. The molecule has 4 N–H and O–H groups in total. The van der Waals surface area contributed by atoms with E-state index in [9.17, 15) is 4.79 Å². The van der Waals surface area contributed by atoms with Gasteiger partial charge in [-0.15, -0.1) is 0 Å². The van der Waals surface area contributed by atoms with E-state index in [1.54, 1.807) is 6.92 Å². The Bertz CT molecular complexity index is 372. The van der Waals surface area contributed by atoms with Gasteiger partial charge in [0.2, 0.25) is 0 Å². The maximum Gasteiger partial charge on any atom is 0.273 e. The number of nitrogens with zero attached hydrogens (tertiary/aromatic N) is 2. The second-order valence-corrected chi connectivity index (χ2v) is 4.38. The second kappa shape index (κ2) is 6.24. The van der Waals surface area contributed by atoms with Crippen LogP contribution >= 0.6 is 0 Å². The average Bonchev–Trinajstić information content (AvgIpc) is 2.59. The molecular weight excluding hydrogens is 218 g/mol. The molecule has 0 fully saturated rings. The fourth-order valence-electron chi connectivity index (χ4n) is 1.45. The summed E-state index contributed by atoms with van der Waals surface area (Å²) in [5, 5.41) is 9.37. The van der Waals surface area contributed by atoms with Crippen molar-refractivity contribution in [2.45, 2.75) is 19.8 Å². The quantitative estimate of drug-likeness (QED) is 0.626. The molecule has 17 heavy (non-hydrogen) atoms. The van der Waals surface area contributed by atoms with Gasteiger partial charge in [0.05, 0.1) is 11.4 Å². The first-order valence-corrected chi connectivity index (χ1v) is 5.75. The fraction of sp³-hybridized carbons (Fsp3) is 0.636. The minimum Gasteiger partial charge on any atom is -0.395 e. The molecular formula is C11H21N5O. The first kappa shape index (κ1) is 13.5. The van der Waals surface area contributed by atoms with Gasteiger partial charge < -0.3 is 16.0 Å². The number of carbonyl (C=O) groups is 1. The number of rotatable bonds is 6. The molecule has 0 radical (unpaired) electrons. The Balaban J connectivity index is 2.28. The zero-order valence-electron chi connectivity index (χ0n) is 10.7. The van der Waals surface area contributed by atoms with Crippen molar-refractivity contribution in [3.8, 4) is 0 Å². The van der Waals surface area contributed by atoms with Crippen LogP contribution in [0.4, 0.5) is 5.69 Å². The van der Waals surface area contributed by atoms with Crippen LogP contribution < -0.4 is 11.1 Å². The van der Waals surface area contributed by atoms with E-state index in [2.05, 4.69) is 20.4 Å². The molecule has 1 rings (SSSR count). The first-order chi connectivity index (χ1) is 8.02. The zero-order chi connectivity index (χ0) is 12.8. The molecule has 96 valence electrons. The number of carbonyl (C=O) groups excluding carboxylic acids is 1. The monoisotopic (exact) mass is 239 g/mol. The van der Waals surface area contributed by atoms with Crippen LogP contribution in [-0.2, 0) is 0 Å². The number of anilines is 1. The van der Waals surface area contributed by atoms with Crippen molar-refractivity contribution < 1.29 is 4.79 Å². The number of nitrogens with two attached hydrogens (primary N) is 1. The van der Waals surface area contributed by atoms with Crippen LogP contribution in [0.2, 0.25) is 0 Å². The standard InChI is InChI=1S/C11H21N5O/c1-8-9(12)10(15-14-8)11(17)13-6-4-5-7-16(2)3/h4-7,12H2,1-3H3,(H,13,17)(H,14,15). The summed E-state index contributed by atoms with van der Waals surface area (Å²) >= 11 is 0. The molecule has 0 unspecified atom stereocenters. The van der Waals surface area contributed by atoms with Crippen molar-refractivity contribution in [1.29, 1.82) is 0 Å². The summed E-state index contributed by atoms with van der Waals surface area (Å²) in [5.74, 6) is -0.211. The number of aromatic nitrogens is 2. The van der Waals surface area contributed by atoms with Gasteiger partial charge in [-0.05, 0) is 40.4 Å². The summed E-state index contributed by atoms with van der Waals surface area (Å²) in [6, 6.07) is 0. The Morgan fingerprint density at radius 2 is 2.18 bits per heavy atom. The smallest absolute Gasteiger partial charge is 0.273 e. The van der Waals surface area contributed by atoms with Gasteiger partial charge in [-0.2, -0.15) is 5.10 Å². The fourth-order valence-corrected chi connectivity index (χ4v) is 1.45.